The number of nitrogens with one attached hydrogen (secondary N) is 1. The molecule has 3 rings (SSSR count). The molecule has 0 aromatic heterocycles. The molecule has 0 bridgehead atoms. The molecule has 1 aliphatic rings. The third-order valence-corrected chi connectivity index (χ3v) is 5.27. The van der Waals surface area contributed by atoms with E-state index in [0.29, 0.717) is 31.0 Å². The number of carbonyl (C=O) groups is 2. The minimum Gasteiger partial charge on any atom is -0.350 e. The number of nitrogens with two attached hydrogens (primary N) is 1. The molecule has 1 aliphatic heterocycles. The molecule has 1 heterocycles. The van der Waals surface area contributed by atoms with Gasteiger partial charge in [0.25, 0.3) is 5.91 Å². The first kappa shape index (κ1) is 22.9. The van der Waals surface area contributed by atoms with Crippen molar-refractivity contribution in [2.24, 2.45) is 5.73 Å². The zero-order valence-corrected chi connectivity index (χ0v) is 17.9. The average molecular weight is 416 g/mol. The number of rotatable bonds is 7. The van der Waals surface area contributed by atoms with E-state index in [1.54, 1.807) is 12.1 Å². The standard InChI is InChI=1S/C23H29N3O2.ClH/c1-16(2)18-9-11-19(12-10-18)21(24)14-25-23(28)20-7-5-17(6-8-20)15-26-13-3-4-22(26)27;/h5-12,16,21H,3-4,13-15,24H2,1-2H3,(H,25,28);1H. The van der Waals surface area contributed by atoms with Crippen molar-refractivity contribution < 1.29 is 9.59 Å². The number of hydrogen-bond acceptors (Lipinski definition) is 3. The molecule has 2 aromatic rings. The van der Waals surface area contributed by atoms with Crippen LogP contribution in [0.4, 0.5) is 0 Å². The first-order valence-corrected chi connectivity index (χ1v) is 9.94. The lowest BCUT2D eigenvalue weighted by Crippen LogP contribution is -2.32. The smallest absolute Gasteiger partial charge is 0.251 e. The van der Waals surface area contributed by atoms with Crippen molar-refractivity contribution >= 4 is 24.2 Å². The molecule has 5 nitrogen and oxygen atoms in total. The van der Waals surface area contributed by atoms with Crippen LogP contribution < -0.4 is 11.1 Å². The molecule has 1 atom stereocenters. The number of carbonyl (C=O) groups excluding carboxylic acids is 2. The molecule has 0 spiro atoms. The van der Waals surface area contributed by atoms with E-state index in [2.05, 4.69) is 31.3 Å². The van der Waals surface area contributed by atoms with Crippen molar-refractivity contribution in [1.29, 1.82) is 0 Å². The van der Waals surface area contributed by atoms with E-state index < -0.39 is 0 Å². The lowest BCUT2D eigenvalue weighted by molar-refractivity contribution is -0.128. The monoisotopic (exact) mass is 415 g/mol. The third kappa shape index (κ3) is 6.05. The summed E-state index contributed by atoms with van der Waals surface area (Å²) in [5.41, 5.74) is 10.1. The Morgan fingerprint density at radius 2 is 1.69 bits per heavy atom. The molecule has 2 aromatic carbocycles. The summed E-state index contributed by atoms with van der Waals surface area (Å²) < 4.78 is 0. The van der Waals surface area contributed by atoms with Crippen molar-refractivity contribution in [2.75, 3.05) is 13.1 Å². The van der Waals surface area contributed by atoms with Gasteiger partial charge in [0.15, 0.2) is 0 Å². The van der Waals surface area contributed by atoms with Gasteiger partial charge in [0.05, 0.1) is 0 Å². The van der Waals surface area contributed by atoms with Gasteiger partial charge >= 0.3 is 0 Å². The van der Waals surface area contributed by atoms with Gasteiger partial charge in [-0.3, -0.25) is 9.59 Å². The van der Waals surface area contributed by atoms with Gasteiger partial charge in [-0.05, 0) is 41.2 Å². The minimum atomic E-state index is -0.245. The number of likely N-dealkylation sites (tertiary alicyclic amines) is 1. The van der Waals surface area contributed by atoms with Crippen LogP contribution >= 0.6 is 12.4 Å². The van der Waals surface area contributed by atoms with E-state index in [0.717, 1.165) is 24.1 Å². The van der Waals surface area contributed by atoms with Gasteiger partial charge < -0.3 is 16.0 Å². The van der Waals surface area contributed by atoms with Gasteiger partial charge in [0.1, 0.15) is 0 Å². The molecule has 2 amide bonds. The van der Waals surface area contributed by atoms with Crippen LogP contribution in [0.15, 0.2) is 48.5 Å². The Morgan fingerprint density at radius 1 is 1.07 bits per heavy atom. The molecule has 1 unspecified atom stereocenters. The number of benzene rings is 2. The van der Waals surface area contributed by atoms with E-state index >= 15 is 0 Å². The van der Waals surface area contributed by atoms with Crippen LogP contribution in [0.1, 0.15) is 65.7 Å². The minimum absolute atomic E-state index is 0. The summed E-state index contributed by atoms with van der Waals surface area (Å²) in [6.45, 7) is 6.12. The lowest BCUT2D eigenvalue weighted by Gasteiger charge is -2.16. The molecule has 6 heteroatoms. The normalized spacial score (nSPS) is 14.6. The van der Waals surface area contributed by atoms with E-state index in [4.69, 9.17) is 5.73 Å². The highest BCUT2D eigenvalue weighted by atomic mass is 35.5. The molecule has 3 N–H and O–H groups in total. The molecule has 1 saturated heterocycles. The third-order valence-electron chi connectivity index (χ3n) is 5.27. The fourth-order valence-corrected chi connectivity index (χ4v) is 3.40. The van der Waals surface area contributed by atoms with E-state index in [1.807, 2.05) is 29.2 Å². The Labute approximate surface area is 179 Å². The fraction of sp³-hybridized carbons (Fsp3) is 0.391. The van der Waals surface area contributed by atoms with Crippen LogP contribution in [0, 0.1) is 0 Å². The van der Waals surface area contributed by atoms with E-state index in [-0.39, 0.29) is 30.3 Å². The second kappa shape index (κ2) is 10.4. The maximum atomic E-state index is 12.4. The van der Waals surface area contributed by atoms with Gasteiger partial charge in [0.2, 0.25) is 5.91 Å². The predicted octanol–water partition coefficient (Wildman–Crippen LogP) is 3.78. The second-order valence-corrected chi connectivity index (χ2v) is 7.75. The number of hydrogen-bond donors (Lipinski definition) is 2. The number of halogens is 1. The largest absolute Gasteiger partial charge is 0.350 e. The van der Waals surface area contributed by atoms with Crippen molar-refractivity contribution in [1.82, 2.24) is 10.2 Å². The van der Waals surface area contributed by atoms with Crippen molar-refractivity contribution in [2.45, 2.75) is 45.2 Å². The topological polar surface area (TPSA) is 75.4 Å². The summed E-state index contributed by atoms with van der Waals surface area (Å²) in [4.78, 5) is 26.0. The molecule has 0 saturated carbocycles. The maximum Gasteiger partial charge on any atom is 0.251 e. The van der Waals surface area contributed by atoms with Crippen molar-refractivity contribution in [3.05, 3.63) is 70.8 Å². The fourth-order valence-electron chi connectivity index (χ4n) is 3.40. The lowest BCUT2D eigenvalue weighted by atomic mass is 9.99. The molecule has 1 fully saturated rings. The highest BCUT2D eigenvalue weighted by molar-refractivity contribution is 5.94. The zero-order valence-electron chi connectivity index (χ0n) is 17.1. The first-order chi connectivity index (χ1) is 13.4. The molecule has 156 valence electrons. The first-order valence-electron chi connectivity index (χ1n) is 9.94. The van der Waals surface area contributed by atoms with Crippen molar-refractivity contribution in [3.8, 4) is 0 Å². The molecular weight excluding hydrogens is 386 g/mol. The summed E-state index contributed by atoms with van der Waals surface area (Å²) in [6, 6.07) is 15.4. The Morgan fingerprint density at radius 3 is 2.24 bits per heavy atom. The Bertz CT molecular complexity index is 819. The number of nitrogens with zero attached hydrogens (tertiary/aromatic N) is 1. The van der Waals surface area contributed by atoms with Crippen molar-refractivity contribution in [3.63, 3.8) is 0 Å². The van der Waals surface area contributed by atoms with E-state index in [9.17, 15) is 9.59 Å². The Hall–Kier alpha value is -2.37. The summed E-state index contributed by atoms with van der Waals surface area (Å²) in [5, 5.41) is 2.91. The van der Waals surface area contributed by atoms with Crippen LogP contribution in [-0.4, -0.2) is 29.8 Å². The Balaban J connectivity index is 0.00000300. The van der Waals surface area contributed by atoms with Crippen LogP contribution in [0.3, 0.4) is 0 Å². The maximum absolute atomic E-state index is 12.4. The average Bonchev–Trinajstić information content (AvgIpc) is 3.11. The SMILES string of the molecule is CC(C)c1ccc(C(N)CNC(=O)c2ccc(CN3CCCC3=O)cc2)cc1.Cl. The van der Waals surface area contributed by atoms with E-state index in [1.165, 1.54) is 5.56 Å². The number of amides is 2. The van der Waals surface area contributed by atoms with Gasteiger partial charge in [-0.2, -0.15) is 0 Å². The van der Waals surface area contributed by atoms with Gasteiger partial charge in [-0.1, -0.05) is 50.2 Å². The summed E-state index contributed by atoms with van der Waals surface area (Å²) in [6.07, 6.45) is 1.57. The molecule has 0 radical (unpaired) electrons. The second-order valence-electron chi connectivity index (χ2n) is 7.75. The van der Waals surface area contributed by atoms with Crippen LogP contribution in [0.2, 0.25) is 0 Å². The molecule has 0 aliphatic carbocycles. The molecular formula is C23H30ClN3O2. The van der Waals surface area contributed by atoms with Crippen LogP contribution in [0.5, 0.6) is 0 Å². The zero-order chi connectivity index (χ0) is 20.1. The highest BCUT2D eigenvalue weighted by Crippen LogP contribution is 2.18. The van der Waals surface area contributed by atoms with Gasteiger partial charge in [0, 0.05) is 37.7 Å². The summed E-state index contributed by atoms with van der Waals surface area (Å²) >= 11 is 0. The van der Waals surface area contributed by atoms with Gasteiger partial charge in [-0.15, -0.1) is 12.4 Å². The van der Waals surface area contributed by atoms with Crippen LogP contribution in [-0.2, 0) is 11.3 Å². The summed E-state index contributed by atoms with van der Waals surface area (Å²) in [7, 11) is 0. The van der Waals surface area contributed by atoms with Crippen LogP contribution in [0.25, 0.3) is 0 Å². The predicted molar refractivity (Wildman–Crippen MR) is 118 cm³/mol. The van der Waals surface area contributed by atoms with Gasteiger partial charge in [-0.25, -0.2) is 0 Å². The molecule has 29 heavy (non-hydrogen) atoms. The quantitative estimate of drug-likeness (QED) is 0.722. The summed E-state index contributed by atoms with van der Waals surface area (Å²) in [5.74, 6) is 0.548. The Kier molecular flexibility index (Phi) is 8.23. The highest BCUT2D eigenvalue weighted by Gasteiger charge is 2.20.